The molecule has 0 bridgehead atoms. The second-order valence-corrected chi connectivity index (χ2v) is 4.46. The van der Waals surface area contributed by atoms with Crippen molar-refractivity contribution >= 4 is 17.3 Å². The highest BCUT2D eigenvalue weighted by Crippen LogP contribution is 2.35. The van der Waals surface area contributed by atoms with Crippen molar-refractivity contribution in [1.82, 2.24) is 0 Å². The standard InChI is InChI=1S/C12H12F2N2O2/c13-7-3-9(14)12-10(4-7)16-1-2-18-6-8(16)5-11(17)15-12/h3-4,8H,1-2,5-6H2,(H,15,17). The van der Waals surface area contributed by atoms with Crippen molar-refractivity contribution in [2.24, 2.45) is 0 Å². The third-order valence-corrected chi connectivity index (χ3v) is 3.26. The van der Waals surface area contributed by atoms with Crippen molar-refractivity contribution in [1.29, 1.82) is 0 Å². The molecule has 0 saturated carbocycles. The van der Waals surface area contributed by atoms with Gasteiger partial charge in [0.05, 0.1) is 24.9 Å². The summed E-state index contributed by atoms with van der Waals surface area (Å²) in [7, 11) is 0. The molecule has 3 rings (SSSR count). The summed E-state index contributed by atoms with van der Waals surface area (Å²) in [6, 6.07) is 1.86. The average Bonchev–Trinajstić information content (AvgIpc) is 2.46. The highest BCUT2D eigenvalue weighted by Gasteiger charge is 2.32. The highest BCUT2D eigenvalue weighted by atomic mass is 19.1. The van der Waals surface area contributed by atoms with E-state index in [0.29, 0.717) is 25.4 Å². The maximum absolute atomic E-state index is 13.7. The number of halogens is 2. The number of carbonyl (C=O) groups excluding carboxylic acids is 1. The third-order valence-electron chi connectivity index (χ3n) is 3.26. The van der Waals surface area contributed by atoms with Gasteiger partial charge in [0.15, 0.2) is 5.82 Å². The van der Waals surface area contributed by atoms with Crippen molar-refractivity contribution in [3.05, 3.63) is 23.8 Å². The molecule has 1 amide bonds. The molecule has 6 heteroatoms. The first kappa shape index (κ1) is 11.4. The fourth-order valence-electron chi connectivity index (χ4n) is 2.46. The van der Waals surface area contributed by atoms with Crippen LogP contribution in [0.1, 0.15) is 6.42 Å². The summed E-state index contributed by atoms with van der Waals surface area (Å²) in [5.41, 5.74) is 0.456. The number of morpholine rings is 1. The molecule has 1 saturated heterocycles. The molecular formula is C12H12F2N2O2. The topological polar surface area (TPSA) is 41.6 Å². The van der Waals surface area contributed by atoms with Gasteiger partial charge in [0.2, 0.25) is 5.91 Å². The molecule has 0 spiro atoms. The molecule has 2 heterocycles. The Bertz CT molecular complexity index is 507. The van der Waals surface area contributed by atoms with Gasteiger partial charge < -0.3 is 15.0 Å². The van der Waals surface area contributed by atoms with Crippen LogP contribution in [0.25, 0.3) is 0 Å². The Morgan fingerprint density at radius 2 is 2.22 bits per heavy atom. The molecule has 0 aromatic heterocycles. The maximum Gasteiger partial charge on any atom is 0.226 e. The van der Waals surface area contributed by atoms with E-state index < -0.39 is 11.6 Å². The lowest BCUT2D eigenvalue weighted by Gasteiger charge is -2.35. The SMILES string of the molecule is O=C1CC2COCCN2c2cc(F)cc(F)c2N1. The minimum atomic E-state index is -0.745. The average molecular weight is 254 g/mol. The number of fused-ring (bicyclic) bond motifs is 3. The normalized spacial score (nSPS) is 22.9. The predicted octanol–water partition coefficient (Wildman–Crippen LogP) is 1.51. The minimum Gasteiger partial charge on any atom is -0.377 e. The number of hydrogen-bond donors (Lipinski definition) is 1. The van der Waals surface area contributed by atoms with Crippen LogP contribution in [0.15, 0.2) is 12.1 Å². The number of anilines is 2. The van der Waals surface area contributed by atoms with Crippen molar-refractivity contribution < 1.29 is 18.3 Å². The van der Waals surface area contributed by atoms with E-state index in [4.69, 9.17) is 4.74 Å². The molecule has 0 radical (unpaired) electrons. The third kappa shape index (κ3) is 1.82. The van der Waals surface area contributed by atoms with Crippen molar-refractivity contribution in [3.63, 3.8) is 0 Å². The number of amides is 1. The van der Waals surface area contributed by atoms with E-state index in [1.807, 2.05) is 4.90 Å². The number of nitrogens with one attached hydrogen (secondary N) is 1. The number of rotatable bonds is 0. The van der Waals surface area contributed by atoms with Crippen molar-refractivity contribution in [2.75, 3.05) is 30.0 Å². The Morgan fingerprint density at radius 1 is 1.39 bits per heavy atom. The van der Waals surface area contributed by atoms with E-state index in [9.17, 15) is 13.6 Å². The fourth-order valence-corrected chi connectivity index (χ4v) is 2.46. The van der Waals surface area contributed by atoms with E-state index in [2.05, 4.69) is 5.32 Å². The van der Waals surface area contributed by atoms with Gasteiger partial charge in [-0.25, -0.2) is 8.78 Å². The Labute approximate surface area is 103 Å². The predicted molar refractivity (Wildman–Crippen MR) is 61.6 cm³/mol. The van der Waals surface area contributed by atoms with Gasteiger partial charge in [-0.3, -0.25) is 4.79 Å². The Hall–Kier alpha value is -1.69. The van der Waals surface area contributed by atoms with Crippen molar-refractivity contribution in [3.8, 4) is 0 Å². The molecule has 96 valence electrons. The quantitative estimate of drug-likeness (QED) is 0.763. The number of carbonyl (C=O) groups is 1. The Morgan fingerprint density at radius 3 is 3.06 bits per heavy atom. The lowest BCUT2D eigenvalue weighted by Crippen LogP contribution is -2.45. The van der Waals surface area contributed by atoms with Crippen LogP contribution in [0.4, 0.5) is 20.2 Å². The van der Waals surface area contributed by atoms with Gasteiger partial charge in [0.25, 0.3) is 0 Å². The Balaban J connectivity index is 2.12. The van der Waals surface area contributed by atoms with Crippen LogP contribution in [0.5, 0.6) is 0 Å². The van der Waals surface area contributed by atoms with E-state index in [1.165, 1.54) is 6.07 Å². The van der Waals surface area contributed by atoms with E-state index in [0.717, 1.165) is 6.07 Å². The summed E-state index contributed by atoms with van der Waals surface area (Å²) in [5, 5.41) is 2.50. The molecule has 0 aliphatic carbocycles. The summed E-state index contributed by atoms with van der Waals surface area (Å²) in [6.07, 6.45) is 0.218. The smallest absolute Gasteiger partial charge is 0.226 e. The van der Waals surface area contributed by atoms with Gasteiger partial charge in [-0.05, 0) is 6.07 Å². The monoisotopic (exact) mass is 254 g/mol. The van der Waals surface area contributed by atoms with E-state index in [-0.39, 0.29) is 24.1 Å². The molecule has 1 N–H and O–H groups in total. The molecule has 1 fully saturated rings. The molecule has 2 aliphatic rings. The van der Waals surface area contributed by atoms with Crippen LogP contribution in [0, 0.1) is 11.6 Å². The van der Waals surface area contributed by atoms with Crippen LogP contribution in [-0.4, -0.2) is 31.7 Å². The zero-order chi connectivity index (χ0) is 12.7. The summed E-state index contributed by atoms with van der Waals surface area (Å²) in [4.78, 5) is 13.5. The molecule has 4 nitrogen and oxygen atoms in total. The number of ether oxygens (including phenoxy) is 1. The first-order chi connectivity index (χ1) is 8.65. The number of benzene rings is 1. The van der Waals surface area contributed by atoms with E-state index in [1.54, 1.807) is 0 Å². The van der Waals surface area contributed by atoms with Crippen molar-refractivity contribution in [2.45, 2.75) is 12.5 Å². The number of nitrogens with zero attached hydrogens (tertiary/aromatic N) is 1. The lowest BCUT2D eigenvalue weighted by molar-refractivity contribution is -0.117. The zero-order valence-corrected chi connectivity index (χ0v) is 9.58. The molecule has 18 heavy (non-hydrogen) atoms. The molecule has 1 aromatic rings. The summed E-state index contributed by atoms with van der Waals surface area (Å²) < 4.78 is 32.4. The molecule has 1 unspecified atom stereocenters. The minimum absolute atomic E-state index is 0.0609. The van der Waals surface area contributed by atoms with Crippen LogP contribution in [-0.2, 0) is 9.53 Å². The van der Waals surface area contributed by atoms with Crippen LogP contribution in [0.3, 0.4) is 0 Å². The molecular weight excluding hydrogens is 242 g/mol. The fraction of sp³-hybridized carbons (Fsp3) is 0.417. The van der Waals surface area contributed by atoms with Crippen LogP contribution < -0.4 is 10.2 Å². The van der Waals surface area contributed by atoms with Gasteiger partial charge in [0.1, 0.15) is 11.5 Å². The Kier molecular flexibility index (Phi) is 2.66. The van der Waals surface area contributed by atoms with Gasteiger partial charge in [-0.15, -0.1) is 0 Å². The van der Waals surface area contributed by atoms with Crippen LogP contribution in [0.2, 0.25) is 0 Å². The molecule has 1 atom stereocenters. The largest absolute Gasteiger partial charge is 0.377 e. The lowest BCUT2D eigenvalue weighted by atomic mass is 10.1. The summed E-state index contributed by atoms with van der Waals surface area (Å²) in [5.74, 6) is -1.67. The van der Waals surface area contributed by atoms with Crippen LogP contribution >= 0.6 is 0 Å². The first-order valence-electron chi connectivity index (χ1n) is 5.78. The van der Waals surface area contributed by atoms with Gasteiger partial charge >= 0.3 is 0 Å². The molecule has 2 aliphatic heterocycles. The second-order valence-electron chi connectivity index (χ2n) is 4.46. The summed E-state index contributed by atoms with van der Waals surface area (Å²) in [6.45, 7) is 1.41. The zero-order valence-electron chi connectivity index (χ0n) is 9.58. The van der Waals surface area contributed by atoms with Gasteiger partial charge in [-0.1, -0.05) is 0 Å². The second kappa shape index (κ2) is 4.20. The number of hydrogen-bond acceptors (Lipinski definition) is 3. The van der Waals surface area contributed by atoms with E-state index >= 15 is 0 Å². The van der Waals surface area contributed by atoms with Gasteiger partial charge in [-0.2, -0.15) is 0 Å². The highest BCUT2D eigenvalue weighted by molar-refractivity contribution is 5.97. The first-order valence-corrected chi connectivity index (χ1v) is 5.78. The maximum atomic E-state index is 13.7. The summed E-state index contributed by atoms with van der Waals surface area (Å²) >= 11 is 0. The van der Waals surface area contributed by atoms with Gasteiger partial charge in [0, 0.05) is 19.0 Å². The molecule has 1 aromatic carbocycles.